The van der Waals surface area contributed by atoms with Crippen LogP contribution in [-0.4, -0.2) is 19.9 Å². The number of nitrogens with zero attached hydrogens (tertiary/aromatic N) is 4. The van der Waals surface area contributed by atoms with Gasteiger partial charge in [0.1, 0.15) is 0 Å². The molecule has 0 radical (unpaired) electrons. The van der Waals surface area contributed by atoms with Crippen LogP contribution >= 0.6 is 15.9 Å². The molecule has 4 heterocycles. The maximum absolute atomic E-state index is 5.03. The molecule has 4 nitrogen and oxygen atoms in total. The molecule has 0 spiro atoms. The number of rotatable bonds is 11. The molecule has 0 saturated heterocycles. The van der Waals surface area contributed by atoms with E-state index in [-0.39, 0.29) is 0 Å². The first-order valence-electron chi connectivity index (χ1n) is 24.3. The van der Waals surface area contributed by atoms with Gasteiger partial charge in [-0.15, -0.1) is 0 Å². The number of hydrogen-bond donors (Lipinski definition) is 0. The van der Waals surface area contributed by atoms with Gasteiger partial charge in [-0.3, -0.25) is 19.9 Å². The van der Waals surface area contributed by atoms with Crippen LogP contribution in [0, 0.1) is 0 Å². The van der Waals surface area contributed by atoms with Gasteiger partial charge in [0, 0.05) is 68.2 Å². The summed E-state index contributed by atoms with van der Waals surface area (Å²) >= 11 is 3.69. The highest BCUT2D eigenvalue weighted by atomic mass is 79.9. The van der Waals surface area contributed by atoms with E-state index in [9.17, 15) is 0 Å². The van der Waals surface area contributed by atoms with Crippen molar-refractivity contribution < 1.29 is 0 Å². The lowest BCUT2D eigenvalue weighted by Gasteiger charge is -2.18. The molecule has 5 heteroatoms. The van der Waals surface area contributed by atoms with Gasteiger partial charge < -0.3 is 0 Å². The van der Waals surface area contributed by atoms with Gasteiger partial charge in [-0.25, -0.2) is 0 Å². The summed E-state index contributed by atoms with van der Waals surface area (Å²) in [6, 6.07) is 87.4. The van der Waals surface area contributed by atoms with Crippen molar-refractivity contribution in [1.82, 2.24) is 19.9 Å². The second-order valence-corrected chi connectivity index (χ2v) is 18.8. The summed E-state index contributed by atoms with van der Waals surface area (Å²) in [4.78, 5) is 19.8. The molecule has 0 fully saturated rings. The molecule has 0 saturated carbocycles. The van der Waals surface area contributed by atoms with E-state index in [1.54, 1.807) is 0 Å². The molecule has 8 aromatic carbocycles. The first kappa shape index (κ1) is 45.0. The van der Waals surface area contributed by atoms with Crippen LogP contribution in [-0.2, 0) is 0 Å². The molecule has 4 aromatic heterocycles. The standard InChI is InChI=1S/C68H45BrN4/c69-64-26-14-13-25-63(64)46-27-29-49(30-28-46)67-38-34-53(45-73-67)68-37-33-52(44-72-68)59-21-9-12-24-62(59)56-40-54(60-22-10-7-19-57(60)50-31-35-65(70-42-50)47-15-3-1-4-16-47)39-55(41-56)61-23-11-8-20-58(61)51-32-36-66(71-43-51)48-17-5-2-6-18-48/h1-45H. The first-order chi connectivity index (χ1) is 36.1. The zero-order valence-electron chi connectivity index (χ0n) is 39.6. The van der Waals surface area contributed by atoms with E-state index in [0.717, 1.165) is 127 Å². The van der Waals surface area contributed by atoms with Gasteiger partial charge in [0.15, 0.2) is 0 Å². The van der Waals surface area contributed by atoms with Crippen molar-refractivity contribution in [3.63, 3.8) is 0 Å². The molecule has 0 aliphatic carbocycles. The Morgan fingerprint density at radius 2 is 0.452 bits per heavy atom. The average Bonchev–Trinajstić information content (AvgIpc) is 3.48. The third-order valence-corrected chi connectivity index (χ3v) is 14.1. The number of halogens is 1. The Bertz CT molecular complexity index is 3710. The third-order valence-electron chi connectivity index (χ3n) is 13.4. The molecule has 12 rings (SSSR count). The van der Waals surface area contributed by atoms with Crippen molar-refractivity contribution in [2.75, 3.05) is 0 Å². The van der Waals surface area contributed by atoms with E-state index in [0.29, 0.717) is 0 Å². The maximum Gasteiger partial charge on any atom is 0.0717 e. The first-order valence-corrected chi connectivity index (χ1v) is 25.1. The quantitative estimate of drug-likeness (QED) is 0.130. The summed E-state index contributed by atoms with van der Waals surface area (Å²) in [5.74, 6) is 0. The Balaban J connectivity index is 0.912. The predicted molar refractivity (Wildman–Crippen MR) is 305 cm³/mol. The van der Waals surface area contributed by atoms with Gasteiger partial charge >= 0.3 is 0 Å². The van der Waals surface area contributed by atoms with Gasteiger partial charge in [-0.1, -0.05) is 210 Å². The van der Waals surface area contributed by atoms with Crippen molar-refractivity contribution in [3.8, 4) is 123 Å². The van der Waals surface area contributed by atoms with Crippen LogP contribution in [0.5, 0.6) is 0 Å². The molecule has 0 unspecified atom stereocenters. The van der Waals surface area contributed by atoms with E-state index in [1.807, 2.05) is 67.3 Å². The number of pyridine rings is 4. The summed E-state index contributed by atoms with van der Waals surface area (Å²) in [5, 5.41) is 0. The summed E-state index contributed by atoms with van der Waals surface area (Å²) in [6.45, 7) is 0. The van der Waals surface area contributed by atoms with Gasteiger partial charge in [-0.2, -0.15) is 0 Å². The van der Waals surface area contributed by atoms with Crippen LogP contribution in [0.1, 0.15) is 0 Å². The molecule has 344 valence electrons. The second kappa shape index (κ2) is 20.3. The van der Waals surface area contributed by atoms with Crippen LogP contribution in [0.4, 0.5) is 0 Å². The summed E-state index contributed by atoms with van der Waals surface area (Å²) in [5.41, 5.74) is 23.2. The Labute approximate surface area is 434 Å². The summed E-state index contributed by atoms with van der Waals surface area (Å²) in [6.07, 6.45) is 7.88. The maximum atomic E-state index is 5.03. The predicted octanol–water partition coefficient (Wildman–Crippen LogP) is 18.4. The Kier molecular flexibility index (Phi) is 12.5. The number of benzene rings is 8. The molecule has 73 heavy (non-hydrogen) atoms. The number of hydrogen-bond acceptors (Lipinski definition) is 4. The molecule has 0 amide bonds. The van der Waals surface area contributed by atoms with Crippen molar-refractivity contribution in [2.24, 2.45) is 0 Å². The van der Waals surface area contributed by atoms with Crippen LogP contribution < -0.4 is 0 Å². The average molecular weight is 998 g/mol. The molecule has 12 aromatic rings. The minimum Gasteiger partial charge on any atom is -0.256 e. The highest BCUT2D eigenvalue weighted by Gasteiger charge is 2.17. The van der Waals surface area contributed by atoms with E-state index < -0.39 is 0 Å². The van der Waals surface area contributed by atoms with Gasteiger partial charge in [0.25, 0.3) is 0 Å². The van der Waals surface area contributed by atoms with Crippen LogP contribution in [0.3, 0.4) is 0 Å². The van der Waals surface area contributed by atoms with Crippen LogP contribution in [0.15, 0.2) is 278 Å². The fourth-order valence-electron chi connectivity index (χ4n) is 9.68. The fraction of sp³-hybridized carbons (Fsp3) is 0. The molecule has 0 N–H and O–H groups in total. The topological polar surface area (TPSA) is 51.6 Å². The van der Waals surface area contributed by atoms with E-state index in [4.69, 9.17) is 19.9 Å². The highest BCUT2D eigenvalue weighted by molar-refractivity contribution is 9.10. The number of aromatic nitrogens is 4. The van der Waals surface area contributed by atoms with Crippen LogP contribution in [0.2, 0.25) is 0 Å². The lowest BCUT2D eigenvalue weighted by molar-refractivity contribution is 1.28. The summed E-state index contributed by atoms with van der Waals surface area (Å²) < 4.78 is 1.07. The fourth-order valence-corrected chi connectivity index (χ4v) is 10.2. The summed E-state index contributed by atoms with van der Waals surface area (Å²) in [7, 11) is 0. The SMILES string of the molecule is Brc1ccccc1-c1ccc(-c2ccc(-c3ccc(-c4ccccc4-c4cc(-c5ccccc5-c5ccc(-c6ccccc6)nc5)cc(-c5ccccc5-c5ccc(-c6ccccc6)nc5)c4)cn3)cn2)cc1. The van der Waals surface area contributed by atoms with Crippen molar-refractivity contribution in [3.05, 3.63) is 278 Å². The Hall–Kier alpha value is -9.16. The van der Waals surface area contributed by atoms with E-state index in [1.165, 1.54) is 0 Å². The van der Waals surface area contributed by atoms with Gasteiger partial charge in [0.2, 0.25) is 0 Å². The second-order valence-electron chi connectivity index (χ2n) is 18.0. The molecule has 0 aliphatic heterocycles. The van der Waals surface area contributed by atoms with Crippen molar-refractivity contribution >= 4 is 15.9 Å². The largest absolute Gasteiger partial charge is 0.256 e. The normalized spacial score (nSPS) is 11.1. The molecule has 0 aliphatic rings. The Morgan fingerprint density at radius 3 is 0.795 bits per heavy atom. The minimum absolute atomic E-state index is 0.861. The van der Waals surface area contributed by atoms with Crippen LogP contribution in [0.25, 0.3) is 123 Å². The van der Waals surface area contributed by atoms with Crippen molar-refractivity contribution in [2.45, 2.75) is 0 Å². The minimum atomic E-state index is 0.861. The highest BCUT2D eigenvalue weighted by Crippen LogP contribution is 2.43. The molecule has 0 atom stereocenters. The monoisotopic (exact) mass is 996 g/mol. The van der Waals surface area contributed by atoms with Gasteiger partial charge in [0.05, 0.1) is 22.8 Å². The van der Waals surface area contributed by atoms with Crippen molar-refractivity contribution in [1.29, 1.82) is 0 Å². The van der Waals surface area contributed by atoms with E-state index in [2.05, 4.69) is 222 Å². The lowest BCUT2D eigenvalue weighted by atomic mass is 9.86. The zero-order chi connectivity index (χ0) is 48.9. The molecule has 0 bridgehead atoms. The lowest BCUT2D eigenvalue weighted by Crippen LogP contribution is -1.93. The molecular weight excluding hydrogens is 953 g/mol. The Morgan fingerprint density at radius 1 is 0.192 bits per heavy atom. The van der Waals surface area contributed by atoms with E-state index >= 15 is 0 Å². The third kappa shape index (κ3) is 9.46. The molecular formula is C68H45BrN4. The zero-order valence-corrected chi connectivity index (χ0v) is 41.2. The van der Waals surface area contributed by atoms with Gasteiger partial charge in [-0.05, 0) is 116 Å². The smallest absolute Gasteiger partial charge is 0.0717 e.